The van der Waals surface area contributed by atoms with Gasteiger partial charge in [0, 0.05) is 41.8 Å². The van der Waals surface area contributed by atoms with Gasteiger partial charge in [0.2, 0.25) is 0 Å². The maximum absolute atomic E-state index is 9.00. The Kier molecular flexibility index (Phi) is 5.28. The van der Waals surface area contributed by atoms with E-state index in [9.17, 15) is 0 Å². The molecule has 110 valence electrons. The summed E-state index contributed by atoms with van der Waals surface area (Å²) >= 11 is 1.76. The van der Waals surface area contributed by atoms with Crippen molar-refractivity contribution in [2.75, 3.05) is 13.2 Å². The Morgan fingerprint density at radius 2 is 2.15 bits per heavy atom. The summed E-state index contributed by atoms with van der Waals surface area (Å²) in [5, 5.41) is 18.1. The minimum absolute atomic E-state index is 0.123. The lowest BCUT2D eigenvalue weighted by atomic mass is 10.2. The molecule has 0 aliphatic heterocycles. The van der Waals surface area contributed by atoms with Crippen molar-refractivity contribution in [1.29, 1.82) is 0 Å². The van der Waals surface area contributed by atoms with Crippen LogP contribution in [-0.4, -0.2) is 33.0 Å². The van der Waals surface area contributed by atoms with Crippen LogP contribution in [-0.2, 0) is 19.5 Å². The van der Waals surface area contributed by atoms with E-state index in [1.54, 1.807) is 11.3 Å². The van der Waals surface area contributed by atoms with E-state index in [-0.39, 0.29) is 6.61 Å². The zero-order valence-corrected chi connectivity index (χ0v) is 13.1. The highest BCUT2D eigenvalue weighted by molar-refractivity contribution is 7.11. The summed E-state index contributed by atoms with van der Waals surface area (Å²) in [6, 6.07) is 0. The van der Waals surface area contributed by atoms with Gasteiger partial charge >= 0.3 is 0 Å². The molecule has 2 N–H and O–H groups in total. The molecule has 0 amide bonds. The lowest BCUT2D eigenvalue weighted by molar-refractivity contribution is 0.267. The third-order valence-corrected chi connectivity index (χ3v) is 4.30. The van der Waals surface area contributed by atoms with E-state index in [1.807, 2.05) is 17.8 Å². The van der Waals surface area contributed by atoms with Gasteiger partial charge in [-0.15, -0.1) is 11.3 Å². The van der Waals surface area contributed by atoms with Gasteiger partial charge in [-0.1, -0.05) is 0 Å². The number of aryl methyl sites for hydroxylation is 2. The summed E-state index contributed by atoms with van der Waals surface area (Å²) in [5.74, 6) is 0. The average molecular weight is 294 g/mol. The number of nitrogens with zero attached hydrogens (tertiary/aromatic N) is 3. The standard InChI is InChI=1S/C14H22N4OS/c1-10-8-16-14(20-10)4-5-15-9-13-11(2)17-18(6-7-19)12(13)3/h8,15,19H,4-7,9H2,1-3H3. The van der Waals surface area contributed by atoms with Gasteiger partial charge < -0.3 is 10.4 Å². The van der Waals surface area contributed by atoms with Crippen LogP contribution in [0, 0.1) is 20.8 Å². The third-order valence-electron chi connectivity index (χ3n) is 3.33. The zero-order chi connectivity index (χ0) is 14.5. The number of rotatable bonds is 7. The highest BCUT2D eigenvalue weighted by Crippen LogP contribution is 2.13. The second-order valence-electron chi connectivity index (χ2n) is 4.89. The van der Waals surface area contributed by atoms with E-state index in [2.05, 4.69) is 29.2 Å². The van der Waals surface area contributed by atoms with Gasteiger partial charge in [-0.3, -0.25) is 4.68 Å². The lowest BCUT2D eigenvalue weighted by Gasteiger charge is -2.05. The van der Waals surface area contributed by atoms with Gasteiger partial charge in [0.25, 0.3) is 0 Å². The fourth-order valence-electron chi connectivity index (χ4n) is 2.23. The van der Waals surface area contributed by atoms with Crippen molar-refractivity contribution in [2.24, 2.45) is 0 Å². The molecule has 2 aromatic rings. The highest BCUT2D eigenvalue weighted by atomic mass is 32.1. The quantitative estimate of drug-likeness (QED) is 0.761. The van der Waals surface area contributed by atoms with E-state index in [0.717, 1.165) is 30.9 Å². The van der Waals surface area contributed by atoms with E-state index in [4.69, 9.17) is 5.11 Å². The molecule has 0 saturated heterocycles. The number of aliphatic hydroxyl groups excluding tert-OH is 1. The van der Waals surface area contributed by atoms with Gasteiger partial charge in [0.05, 0.1) is 23.9 Å². The van der Waals surface area contributed by atoms with E-state index in [1.165, 1.54) is 15.4 Å². The van der Waals surface area contributed by atoms with Crippen molar-refractivity contribution in [2.45, 2.75) is 40.3 Å². The van der Waals surface area contributed by atoms with Crippen LogP contribution >= 0.6 is 11.3 Å². The summed E-state index contributed by atoms with van der Waals surface area (Å²) in [5.41, 5.74) is 3.40. The van der Waals surface area contributed by atoms with Gasteiger partial charge in [0.15, 0.2) is 0 Å². The Labute approximate surface area is 123 Å². The largest absolute Gasteiger partial charge is 0.394 e. The van der Waals surface area contributed by atoms with Gasteiger partial charge in [-0.2, -0.15) is 5.10 Å². The minimum atomic E-state index is 0.123. The number of thiazole rings is 1. The molecule has 0 bridgehead atoms. The fraction of sp³-hybridized carbons (Fsp3) is 0.571. The monoisotopic (exact) mass is 294 g/mol. The summed E-state index contributed by atoms with van der Waals surface area (Å²) < 4.78 is 1.87. The van der Waals surface area contributed by atoms with Crippen LogP contribution in [0.4, 0.5) is 0 Å². The molecule has 0 aromatic carbocycles. The Morgan fingerprint density at radius 3 is 2.80 bits per heavy atom. The first kappa shape index (κ1) is 15.2. The van der Waals surface area contributed by atoms with Crippen molar-refractivity contribution in [3.05, 3.63) is 33.0 Å². The highest BCUT2D eigenvalue weighted by Gasteiger charge is 2.10. The second kappa shape index (κ2) is 6.97. The zero-order valence-electron chi connectivity index (χ0n) is 12.3. The van der Waals surface area contributed by atoms with Crippen LogP contribution in [0.5, 0.6) is 0 Å². The van der Waals surface area contributed by atoms with Crippen molar-refractivity contribution in [1.82, 2.24) is 20.1 Å². The second-order valence-corrected chi connectivity index (χ2v) is 6.21. The molecule has 0 atom stereocenters. The molecule has 2 aromatic heterocycles. The van der Waals surface area contributed by atoms with Crippen LogP contribution in [0.25, 0.3) is 0 Å². The summed E-state index contributed by atoms with van der Waals surface area (Å²) in [7, 11) is 0. The molecule has 0 unspecified atom stereocenters. The van der Waals surface area contributed by atoms with E-state index < -0.39 is 0 Å². The molecular formula is C14H22N4OS. The Morgan fingerprint density at radius 1 is 1.35 bits per heavy atom. The molecule has 0 aliphatic rings. The Balaban J connectivity index is 1.84. The number of hydrogen-bond donors (Lipinski definition) is 2. The number of aromatic nitrogens is 3. The Hall–Kier alpha value is -1.24. The molecule has 0 aliphatic carbocycles. The van der Waals surface area contributed by atoms with Gasteiger partial charge in [-0.25, -0.2) is 4.98 Å². The molecule has 2 heterocycles. The first-order chi connectivity index (χ1) is 9.61. The van der Waals surface area contributed by atoms with E-state index in [0.29, 0.717) is 6.54 Å². The molecule has 0 spiro atoms. The number of nitrogens with one attached hydrogen (secondary N) is 1. The summed E-state index contributed by atoms with van der Waals surface area (Å²) in [6.07, 6.45) is 2.88. The molecule has 20 heavy (non-hydrogen) atoms. The third kappa shape index (κ3) is 3.65. The van der Waals surface area contributed by atoms with Crippen LogP contribution in [0.3, 0.4) is 0 Å². The average Bonchev–Trinajstić information content (AvgIpc) is 2.93. The molecule has 0 radical (unpaired) electrons. The first-order valence-corrected chi connectivity index (χ1v) is 7.69. The van der Waals surface area contributed by atoms with Crippen molar-refractivity contribution in [3.8, 4) is 0 Å². The lowest BCUT2D eigenvalue weighted by Crippen LogP contribution is -2.17. The minimum Gasteiger partial charge on any atom is -0.394 e. The number of aliphatic hydroxyl groups is 1. The molecular weight excluding hydrogens is 272 g/mol. The van der Waals surface area contributed by atoms with E-state index >= 15 is 0 Å². The van der Waals surface area contributed by atoms with Gasteiger partial charge in [-0.05, 0) is 20.8 Å². The molecule has 0 fully saturated rings. The van der Waals surface area contributed by atoms with Crippen LogP contribution in [0.15, 0.2) is 6.20 Å². The maximum Gasteiger partial charge on any atom is 0.0940 e. The summed E-state index contributed by atoms with van der Waals surface area (Å²) in [4.78, 5) is 5.62. The molecule has 6 heteroatoms. The Bertz CT molecular complexity index is 562. The predicted molar refractivity (Wildman–Crippen MR) is 81.0 cm³/mol. The predicted octanol–water partition coefficient (Wildman–Crippen LogP) is 1.59. The van der Waals surface area contributed by atoms with Crippen molar-refractivity contribution >= 4 is 11.3 Å². The maximum atomic E-state index is 9.00. The van der Waals surface area contributed by atoms with Gasteiger partial charge in [0.1, 0.15) is 0 Å². The van der Waals surface area contributed by atoms with Crippen LogP contribution in [0.1, 0.15) is 26.8 Å². The molecule has 5 nitrogen and oxygen atoms in total. The normalized spacial score (nSPS) is 11.2. The SMILES string of the molecule is Cc1cnc(CCNCc2c(C)nn(CCO)c2C)s1. The number of hydrogen-bond acceptors (Lipinski definition) is 5. The topological polar surface area (TPSA) is 63.0 Å². The van der Waals surface area contributed by atoms with Crippen molar-refractivity contribution < 1.29 is 5.11 Å². The smallest absolute Gasteiger partial charge is 0.0940 e. The fourth-order valence-corrected chi connectivity index (χ4v) is 3.01. The first-order valence-electron chi connectivity index (χ1n) is 6.87. The molecule has 0 saturated carbocycles. The van der Waals surface area contributed by atoms with Crippen LogP contribution in [0.2, 0.25) is 0 Å². The summed E-state index contributed by atoms with van der Waals surface area (Å²) in [6.45, 7) is 8.56. The van der Waals surface area contributed by atoms with Crippen molar-refractivity contribution in [3.63, 3.8) is 0 Å². The van der Waals surface area contributed by atoms with Crippen LogP contribution < -0.4 is 5.32 Å². The molecule has 2 rings (SSSR count).